The van der Waals surface area contributed by atoms with Gasteiger partial charge >= 0.3 is 0 Å². The van der Waals surface area contributed by atoms with Crippen molar-refractivity contribution < 1.29 is 5.11 Å². The monoisotopic (exact) mass is 163 g/mol. The van der Waals surface area contributed by atoms with Crippen LogP contribution in [-0.4, -0.2) is 25.0 Å². The Labute approximate surface area is 67.5 Å². The van der Waals surface area contributed by atoms with Gasteiger partial charge in [0.15, 0.2) is 5.65 Å². The molecule has 0 radical (unpaired) electrons. The molecule has 2 aromatic rings. The molecule has 2 N–H and O–H groups in total. The van der Waals surface area contributed by atoms with Gasteiger partial charge in [-0.15, -0.1) is 0 Å². The molecule has 0 fully saturated rings. The number of imidazole rings is 1. The van der Waals surface area contributed by atoms with Crippen molar-refractivity contribution in [1.29, 1.82) is 5.26 Å². The van der Waals surface area contributed by atoms with E-state index in [1.54, 1.807) is 12.5 Å². The third-order valence-corrected chi connectivity index (χ3v) is 1.10. The zero-order valence-electron chi connectivity index (χ0n) is 5.97. The summed E-state index contributed by atoms with van der Waals surface area (Å²) in [5, 5.41) is 13.8. The number of hydrogen-bond acceptors (Lipinski definition) is 5. The van der Waals surface area contributed by atoms with Gasteiger partial charge in [0.05, 0.1) is 12.5 Å². The Bertz CT molecular complexity index is 360. The van der Waals surface area contributed by atoms with Crippen LogP contribution in [0.25, 0.3) is 11.2 Å². The van der Waals surface area contributed by atoms with Crippen LogP contribution in [0.15, 0.2) is 18.9 Å². The lowest BCUT2D eigenvalue weighted by atomic mass is 10.6. The zero-order valence-corrected chi connectivity index (χ0v) is 5.97. The number of aromatic amines is 1. The van der Waals surface area contributed by atoms with Crippen LogP contribution in [0, 0.1) is 11.5 Å². The SMILES string of the molecule is N#CO.c1ncc2[nH]cnc2n1. The summed E-state index contributed by atoms with van der Waals surface area (Å²) in [4.78, 5) is 14.5. The second kappa shape index (κ2) is 3.88. The average molecular weight is 163 g/mol. The van der Waals surface area contributed by atoms with E-state index in [1.807, 2.05) is 0 Å². The van der Waals surface area contributed by atoms with Crippen LogP contribution in [-0.2, 0) is 0 Å². The first-order valence-electron chi connectivity index (χ1n) is 3.00. The summed E-state index contributed by atoms with van der Waals surface area (Å²) in [5.74, 6) is 0. The molecule has 0 aromatic carbocycles. The molecule has 0 spiro atoms. The first-order chi connectivity index (χ1) is 5.88. The van der Waals surface area contributed by atoms with Crippen LogP contribution in [0.5, 0.6) is 0 Å². The highest BCUT2D eigenvalue weighted by atomic mass is 16.2. The molecule has 60 valence electrons. The predicted octanol–water partition coefficient (Wildman–Crippen LogP) is 0.193. The molecule has 0 amide bonds. The summed E-state index contributed by atoms with van der Waals surface area (Å²) < 4.78 is 0. The van der Waals surface area contributed by atoms with E-state index in [9.17, 15) is 0 Å². The first kappa shape index (κ1) is 7.94. The number of aromatic nitrogens is 4. The minimum Gasteiger partial charge on any atom is -0.443 e. The third-order valence-electron chi connectivity index (χ3n) is 1.10. The number of nitrogens with one attached hydrogen (secondary N) is 1. The van der Waals surface area contributed by atoms with Crippen LogP contribution < -0.4 is 0 Å². The van der Waals surface area contributed by atoms with Gasteiger partial charge in [0.25, 0.3) is 6.26 Å². The molecule has 2 rings (SSSR count). The summed E-state index contributed by atoms with van der Waals surface area (Å²) >= 11 is 0. The maximum absolute atomic E-state index is 6.88. The summed E-state index contributed by atoms with van der Waals surface area (Å²) in [7, 11) is 0. The number of H-pyrrole nitrogens is 1. The minimum atomic E-state index is 0.713. The van der Waals surface area contributed by atoms with Crippen LogP contribution in [0.3, 0.4) is 0 Å². The van der Waals surface area contributed by atoms with E-state index in [2.05, 4.69) is 19.9 Å². The van der Waals surface area contributed by atoms with Gasteiger partial charge in [-0.2, -0.15) is 5.26 Å². The Morgan fingerprint density at radius 2 is 2.25 bits per heavy atom. The lowest BCUT2D eigenvalue weighted by Crippen LogP contribution is -1.76. The zero-order chi connectivity index (χ0) is 8.81. The van der Waals surface area contributed by atoms with Crippen molar-refractivity contribution in [2.24, 2.45) is 0 Å². The number of aliphatic hydroxyl groups excluding tert-OH is 1. The number of rotatable bonds is 0. The fraction of sp³-hybridized carbons (Fsp3) is 0. The molecule has 0 atom stereocenters. The van der Waals surface area contributed by atoms with E-state index in [0.717, 1.165) is 11.8 Å². The summed E-state index contributed by atoms with van der Waals surface area (Å²) in [6, 6.07) is 0. The molecule has 0 aliphatic carbocycles. The van der Waals surface area contributed by atoms with Crippen molar-refractivity contribution in [2.45, 2.75) is 0 Å². The summed E-state index contributed by atoms with van der Waals surface area (Å²) in [5.41, 5.74) is 1.59. The Morgan fingerprint density at radius 3 is 2.92 bits per heavy atom. The van der Waals surface area contributed by atoms with Crippen LogP contribution in [0.1, 0.15) is 0 Å². The summed E-state index contributed by atoms with van der Waals surface area (Å²) in [6.45, 7) is 0. The molecule has 6 nitrogen and oxygen atoms in total. The fourth-order valence-electron chi connectivity index (χ4n) is 0.691. The Hall–Kier alpha value is -2.16. The van der Waals surface area contributed by atoms with Gasteiger partial charge in [-0.25, -0.2) is 15.0 Å². The van der Waals surface area contributed by atoms with Crippen molar-refractivity contribution in [3.63, 3.8) is 0 Å². The standard InChI is InChI=1S/C5H4N4.CHNO/c1-4-5(8-2-6-1)9-3-7-4;2-1-3/h1-3H,(H,6,7,8,9);3H. The normalized spacial score (nSPS) is 8.25. The van der Waals surface area contributed by atoms with Gasteiger partial charge in [-0.1, -0.05) is 0 Å². The Balaban J connectivity index is 0.000000213. The number of nitrogens with zero attached hydrogens (tertiary/aromatic N) is 4. The predicted molar refractivity (Wildman–Crippen MR) is 39.2 cm³/mol. The largest absolute Gasteiger partial charge is 0.443 e. The van der Waals surface area contributed by atoms with Crippen molar-refractivity contribution in [1.82, 2.24) is 19.9 Å². The van der Waals surface area contributed by atoms with Gasteiger partial charge in [0.2, 0.25) is 0 Å². The average Bonchev–Trinajstić information content (AvgIpc) is 2.52. The topological polar surface area (TPSA) is 98.5 Å². The van der Waals surface area contributed by atoms with E-state index < -0.39 is 0 Å². The number of aliphatic hydroxyl groups is 1. The molecule has 0 aliphatic rings. The molecular weight excluding hydrogens is 158 g/mol. The quantitative estimate of drug-likeness (QED) is 0.540. The van der Waals surface area contributed by atoms with E-state index in [-0.39, 0.29) is 0 Å². The molecule has 0 aliphatic heterocycles. The first-order valence-corrected chi connectivity index (χ1v) is 3.00. The maximum Gasteiger partial charge on any atom is 0.283 e. The molecule has 0 unspecified atom stereocenters. The van der Waals surface area contributed by atoms with Gasteiger partial charge < -0.3 is 10.1 Å². The highest BCUT2D eigenvalue weighted by Gasteiger charge is 1.91. The lowest BCUT2D eigenvalue weighted by Gasteiger charge is -1.80. The molecule has 6 heteroatoms. The smallest absolute Gasteiger partial charge is 0.283 e. The minimum absolute atomic E-state index is 0.713. The lowest BCUT2D eigenvalue weighted by molar-refractivity contribution is 0.503. The van der Waals surface area contributed by atoms with E-state index in [4.69, 9.17) is 10.4 Å². The fourth-order valence-corrected chi connectivity index (χ4v) is 0.691. The van der Waals surface area contributed by atoms with Crippen molar-refractivity contribution in [2.75, 3.05) is 0 Å². The highest BCUT2D eigenvalue weighted by Crippen LogP contribution is 1.99. The van der Waals surface area contributed by atoms with E-state index in [0.29, 0.717) is 5.65 Å². The number of fused-ring (bicyclic) bond motifs is 1. The number of nitriles is 1. The van der Waals surface area contributed by atoms with Gasteiger partial charge in [0.1, 0.15) is 11.8 Å². The second-order valence-electron chi connectivity index (χ2n) is 1.76. The number of hydrogen-bond donors (Lipinski definition) is 2. The second-order valence-corrected chi connectivity index (χ2v) is 1.76. The van der Waals surface area contributed by atoms with E-state index in [1.165, 1.54) is 6.33 Å². The maximum atomic E-state index is 6.88. The van der Waals surface area contributed by atoms with Gasteiger partial charge in [0, 0.05) is 0 Å². The van der Waals surface area contributed by atoms with Crippen LogP contribution in [0.2, 0.25) is 0 Å². The highest BCUT2D eigenvalue weighted by molar-refractivity contribution is 5.67. The molecule has 12 heavy (non-hydrogen) atoms. The van der Waals surface area contributed by atoms with Crippen molar-refractivity contribution in [3.8, 4) is 6.26 Å². The van der Waals surface area contributed by atoms with Crippen LogP contribution >= 0.6 is 0 Å². The third kappa shape index (κ3) is 1.67. The van der Waals surface area contributed by atoms with Crippen LogP contribution in [0.4, 0.5) is 0 Å². The molecule has 0 saturated carbocycles. The van der Waals surface area contributed by atoms with Gasteiger partial charge in [-0.3, -0.25) is 0 Å². The Kier molecular flexibility index (Phi) is 2.57. The molecule has 0 bridgehead atoms. The van der Waals surface area contributed by atoms with Crippen molar-refractivity contribution in [3.05, 3.63) is 18.9 Å². The molecule has 2 aromatic heterocycles. The molecule has 0 saturated heterocycles. The Morgan fingerprint density at radius 1 is 1.50 bits per heavy atom. The van der Waals surface area contributed by atoms with Crippen molar-refractivity contribution >= 4 is 11.2 Å². The molecular formula is C6H5N5O. The van der Waals surface area contributed by atoms with E-state index >= 15 is 0 Å². The molecule has 2 heterocycles. The summed E-state index contributed by atoms with van der Waals surface area (Å²) in [6.07, 6.45) is 5.51. The van der Waals surface area contributed by atoms with Gasteiger partial charge in [-0.05, 0) is 0 Å².